The fourth-order valence-corrected chi connectivity index (χ4v) is 2.95. The summed E-state index contributed by atoms with van der Waals surface area (Å²) in [5, 5.41) is 3.65. The van der Waals surface area contributed by atoms with Crippen molar-refractivity contribution in [1.29, 1.82) is 0 Å². The van der Waals surface area contributed by atoms with E-state index in [1.165, 1.54) is 31.4 Å². The quantitative estimate of drug-likeness (QED) is 0.807. The molecule has 0 spiro atoms. The number of hydrogen-bond donors (Lipinski definition) is 1. The summed E-state index contributed by atoms with van der Waals surface area (Å²) in [5.41, 5.74) is 1.40. The molecule has 0 saturated heterocycles. The largest absolute Gasteiger partial charge is 0.309 e. The molecule has 1 saturated carbocycles. The zero-order chi connectivity index (χ0) is 13.7. The maximum Gasteiger partial charge on any atom is 0.0475 e. The number of likely N-dealkylation sites (N-methyl/N-ethyl adjacent to an activating group) is 2. The normalized spacial score (nSPS) is 19.2. The second kappa shape index (κ2) is 7.06. The van der Waals surface area contributed by atoms with Crippen LogP contribution in [0.25, 0.3) is 0 Å². The van der Waals surface area contributed by atoms with Gasteiger partial charge in [0.1, 0.15) is 0 Å². The zero-order valence-electron chi connectivity index (χ0n) is 12.6. The van der Waals surface area contributed by atoms with Crippen molar-refractivity contribution >= 4 is 0 Å². The SMILES string of the molecule is CCNC(c1ccccc1)C(C)N(C)CC1CCC1. The number of nitrogens with one attached hydrogen (secondary N) is 1. The van der Waals surface area contributed by atoms with Gasteiger partial charge in [0.2, 0.25) is 0 Å². The third-order valence-corrected chi connectivity index (χ3v) is 4.53. The molecule has 1 N–H and O–H groups in total. The fraction of sp³-hybridized carbons (Fsp3) is 0.647. The highest BCUT2D eigenvalue weighted by Crippen LogP contribution is 2.29. The van der Waals surface area contributed by atoms with Crippen LogP contribution in [-0.2, 0) is 0 Å². The van der Waals surface area contributed by atoms with Crippen LogP contribution in [0.4, 0.5) is 0 Å². The Balaban J connectivity index is 2.00. The summed E-state index contributed by atoms with van der Waals surface area (Å²) in [6.07, 6.45) is 4.28. The van der Waals surface area contributed by atoms with E-state index < -0.39 is 0 Å². The molecule has 19 heavy (non-hydrogen) atoms. The van der Waals surface area contributed by atoms with Gasteiger partial charge in [-0.05, 0) is 44.8 Å². The Morgan fingerprint density at radius 1 is 1.26 bits per heavy atom. The summed E-state index contributed by atoms with van der Waals surface area (Å²) < 4.78 is 0. The molecular formula is C17H28N2. The van der Waals surface area contributed by atoms with Crippen molar-refractivity contribution in [3.05, 3.63) is 35.9 Å². The molecule has 0 radical (unpaired) electrons. The van der Waals surface area contributed by atoms with Crippen LogP contribution in [-0.4, -0.2) is 31.1 Å². The molecule has 1 aromatic rings. The van der Waals surface area contributed by atoms with E-state index in [-0.39, 0.29) is 0 Å². The molecule has 1 aromatic carbocycles. The summed E-state index contributed by atoms with van der Waals surface area (Å²) in [5.74, 6) is 0.936. The van der Waals surface area contributed by atoms with Crippen molar-refractivity contribution in [3.63, 3.8) is 0 Å². The third-order valence-electron chi connectivity index (χ3n) is 4.53. The number of benzene rings is 1. The summed E-state index contributed by atoms with van der Waals surface area (Å²) in [7, 11) is 2.27. The second-order valence-electron chi connectivity index (χ2n) is 5.92. The predicted molar refractivity (Wildman–Crippen MR) is 82.3 cm³/mol. The summed E-state index contributed by atoms with van der Waals surface area (Å²) in [6, 6.07) is 11.8. The van der Waals surface area contributed by atoms with Crippen LogP contribution in [0.3, 0.4) is 0 Å². The Labute approximate surface area is 118 Å². The molecule has 2 rings (SSSR count). The van der Waals surface area contributed by atoms with Crippen molar-refractivity contribution in [3.8, 4) is 0 Å². The van der Waals surface area contributed by atoms with E-state index in [0.717, 1.165) is 12.5 Å². The minimum absolute atomic E-state index is 0.427. The van der Waals surface area contributed by atoms with Crippen LogP contribution in [0.1, 0.15) is 44.7 Å². The minimum atomic E-state index is 0.427. The van der Waals surface area contributed by atoms with E-state index in [4.69, 9.17) is 0 Å². The van der Waals surface area contributed by atoms with E-state index in [2.05, 4.69) is 61.4 Å². The first-order valence-corrected chi connectivity index (χ1v) is 7.71. The van der Waals surface area contributed by atoms with Gasteiger partial charge in [-0.3, -0.25) is 0 Å². The molecule has 106 valence electrons. The Morgan fingerprint density at radius 3 is 2.47 bits per heavy atom. The van der Waals surface area contributed by atoms with Crippen LogP contribution in [0.2, 0.25) is 0 Å². The molecule has 2 atom stereocenters. The lowest BCUT2D eigenvalue weighted by Gasteiger charge is -2.37. The van der Waals surface area contributed by atoms with Gasteiger partial charge in [0.15, 0.2) is 0 Å². The van der Waals surface area contributed by atoms with Crippen LogP contribution >= 0.6 is 0 Å². The maximum absolute atomic E-state index is 3.65. The predicted octanol–water partition coefficient (Wildman–Crippen LogP) is 3.46. The zero-order valence-corrected chi connectivity index (χ0v) is 12.6. The highest BCUT2D eigenvalue weighted by molar-refractivity contribution is 5.20. The highest BCUT2D eigenvalue weighted by atomic mass is 15.2. The molecule has 1 aliphatic rings. The van der Waals surface area contributed by atoms with Crippen molar-refractivity contribution in [2.75, 3.05) is 20.1 Å². The molecule has 1 aliphatic carbocycles. The second-order valence-corrected chi connectivity index (χ2v) is 5.92. The molecular weight excluding hydrogens is 232 g/mol. The highest BCUT2D eigenvalue weighted by Gasteiger charge is 2.26. The maximum atomic E-state index is 3.65. The first kappa shape index (κ1) is 14.5. The van der Waals surface area contributed by atoms with E-state index in [1.807, 2.05) is 0 Å². The standard InChI is InChI=1S/C17H28N2/c1-4-18-17(16-11-6-5-7-12-16)14(2)19(3)13-15-9-8-10-15/h5-7,11-12,14-15,17-18H,4,8-10,13H2,1-3H3. The van der Waals surface area contributed by atoms with Crippen molar-refractivity contribution in [2.45, 2.75) is 45.2 Å². The average Bonchev–Trinajstić information content (AvgIpc) is 2.40. The molecule has 2 nitrogen and oxygen atoms in total. The van der Waals surface area contributed by atoms with Gasteiger partial charge < -0.3 is 10.2 Å². The van der Waals surface area contributed by atoms with Gasteiger partial charge in [-0.2, -0.15) is 0 Å². The monoisotopic (exact) mass is 260 g/mol. The molecule has 0 aromatic heterocycles. The first-order valence-electron chi connectivity index (χ1n) is 7.71. The van der Waals surface area contributed by atoms with E-state index >= 15 is 0 Å². The lowest BCUT2D eigenvalue weighted by molar-refractivity contribution is 0.145. The van der Waals surface area contributed by atoms with Crippen molar-refractivity contribution in [1.82, 2.24) is 10.2 Å². The van der Waals surface area contributed by atoms with Crippen LogP contribution in [0, 0.1) is 5.92 Å². The van der Waals surface area contributed by atoms with Gasteiger partial charge in [0, 0.05) is 18.6 Å². The molecule has 2 heteroatoms. The molecule has 0 aliphatic heterocycles. The van der Waals surface area contributed by atoms with E-state index in [9.17, 15) is 0 Å². The number of hydrogen-bond acceptors (Lipinski definition) is 2. The summed E-state index contributed by atoms with van der Waals surface area (Å²) in [6.45, 7) is 6.80. The van der Waals surface area contributed by atoms with Crippen LogP contribution < -0.4 is 5.32 Å². The van der Waals surface area contributed by atoms with Crippen LogP contribution in [0.15, 0.2) is 30.3 Å². The fourth-order valence-electron chi connectivity index (χ4n) is 2.95. The molecule has 0 heterocycles. The molecule has 0 amide bonds. The molecule has 0 bridgehead atoms. The van der Waals surface area contributed by atoms with Gasteiger partial charge in [0.25, 0.3) is 0 Å². The average molecular weight is 260 g/mol. The number of nitrogens with zero attached hydrogens (tertiary/aromatic N) is 1. The topological polar surface area (TPSA) is 15.3 Å². The van der Waals surface area contributed by atoms with Gasteiger partial charge in [0.05, 0.1) is 0 Å². The van der Waals surface area contributed by atoms with E-state index in [1.54, 1.807) is 0 Å². The molecule has 1 fully saturated rings. The third kappa shape index (κ3) is 3.80. The van der Waals surface area contributed by atoms with E-state index in [0.29, 0.717) is 12.1 Å². The lowest BCUT2D eigenvalue weighted by atomic mass is 9.84. The van der Waals surface area contributed by atoms with Crippen LogP contribution in [0.5, 0.6) is 0 Å². The summed E-state index contributed by atoms with van der Waals surface area (Å²) >= 11 is 0. The number of rotatable bonds is 7. The van der Waals surface area contributed by atoms with Gasteiger partial charge in [-0.25, -0.2) is 0 Å². The van der Waals surface area contributed by atoms with Gasteiger partial charge in [-0.1, -0.05) is 43.7 Å². The first-order chi connectivity index (χ1) is 9.22. The minimum Gasteiger partial charge on any atom is -0.309 e. The Bertz CT molecular complexity index is 359. The Hall–Kier alpha value is -0.860. The van der Waals surface area contributed by atoms with Gasteiger partial charge in [-0.15, -0.1) is 0 Å². The summed E-state index contributed by atoms with van der Waals surface area (Å²) in [4.78, 5) is 2.53. The van der Waals surface area contributed by atoms with Gasteiger partial charge >= 0.3 is 0 Å². The Morgan fingerprint density at radius 2 is 1.95 bits per heavy atom. The lowest BCUT2D eigenvalue weighted by Crippen LogP contribution is -2.43. The van der Waals surface area contributed by atoms with Crippen molar-refractivity contribution < 1.29 is 0 Å². The van der Waals surface area contributed by atoms with Crippen molar-refractivity contribution in [2.24, 2.45) is 5.92 Å². The molecule has 2 unspecified atom stereocenters. The Kier molecular flexibility index (Phi) is 5.41. The smallest absolute Gasteiger partial charge is 0.0475 e.